The van der Waals surface area contributed by atoms with Gasteiger partial charge in [-0.15, -0.1) is 0 Å². The van der Waals surface area contributed by atoms with Crippen LogP contribution in [0.5, 0.6) is 0 Å². The maximum absolute atomic E-state index is 11.8. The molecule has 0 aromatic heterocycles. The molecule has 15 heavy (non-hydrogen) atoms. The van der Waals surface area contributed by atoms with Crippen molar-refractivity contribution in [2.75, 3.05) is 13.6 Å². The van der Waals surface area contributed by atoms with Gasteiger partial charge >= 0.3 is 0 Å². The Kier molecular flexibility index (Phi) is 3.70. The summed E-state index contributed by atoms with van der Waals surface area (Å²) < 4.78 is 0. The zero-order valence-electron chi connectivity index (χ0n) is 8.62. The van der Waals surface area contributed by atoms with Crippen molar-refractivity contribution in [1.82, 2.24) is 4.90 Å². The second-order valence-electron chi connectivity index (χ2n) is 3.26. The Morgan fingerprint density at radius 2 is 2.27 bits per heavy atom. The number of aryl methyl sites for hydroxylation is 1. The number of nitriles is 1. The van der Waals surface area contributed by atoms with Crippen LogP contribution in [0.3, 0.4) is 0 Å². The first-order chi connectivity index (χ1) is 7.07. The summed E-state index contributed by atoms with van der Waals surface area (Å²) in [5, 5.41) is 8.93. The van der Waals surface area contributed by atoms with Crippen molar-refractivity contribution in [3.63, 3.8) is 0 Å². The number of benzene rings is 1. The molecule has 0 aliphatic carbocycles. The Morgan fingerprint density at radius 1 is 1.60 bits per heavy atom. The molecule has 0 unspecified atom stereocenters. The van der Waals surface area contributed by atoms with E-state index in [1.54, 1.807) is 19.2 Å². The highest BCUT2D eigenvalue weighted by Gasteiger charge is 2.15. The third kappa shape index (κ3) is 2.48. The number of rotatable bonds is 2. The number of hydrogen-bond acceptors (Lipinski definition) is 2. The molecule has 1 aromatic carbocycles. The fraction of sp³-hybridized carbons (Fsp3) is 0.273. The van der Waals surface area contributed by atoms with Crippen LogP contribution in [0.2, 0.25) is 5.02 Å². The van der Waals surface area contributed by atoms with E-state index in [0.717, 1.165) is 5.56 Å². The van der Waals surface area contributed by atoms with Gasteiger partial charge in [-0.25, -0.2) is 0 Å². The van der Waals surface area contributed by atoms with Crippen molar-refractivity contribution in [1.29, 1.82) is 5.26 Å². The van der Waals surface area contributed by atoms with Gasteiger partial charge in [-0.05, 0) is 18.6 Å². The molecule has 0 N–H and O–H groups in total. The van der Waals surface area contributed by atoms with E-state index in [4.69, 9.17) is 16.9 Å². The Bertz CT molecular complexity index is 423. The summed E-state index contributed by atoms with van der Waals surface area (Å²) in [4.78, 5) is 13.1. The van der Waals surface area contributed by atoms with Gasteiger partial charge in [-0.1, -0.05) is 23.7 Å². The number of nitrogens with zero attached hydrogens (tertiary/aromatic N) is 2. The van der Waals surface area contributed by atoms with Gasteiger partial charge in [0.1, 0.15) is 6.54 Å². The van der Waals surface area contributed by atoms with Crippen molar-refractivity contribution in [2.45, 2.75) is 6.92 Å². The zero-order valence-corrected chi connectivity index (χ0v) is 9.38. The van der Waals surface area contributed by atoms with Crippen LogP contribution in [0.1, 0.15) is 15.9 Å². The molecule has 0 heterocycles. The Labute approximate surface area is 93.9 Å². The van der Waals surface area contributed by atoms with Crippen LogP contribution in [-0.4, -0.2) is 24.4 Å². The highest BCUT2D eigenvalue weighted by molar-refractivity contribution is 6.34. The average Bonchev–Trinajstić information content (AvgIpc) is 2.21. The third-order valence-corrected chi connectivity index (χ3v) is 2.58. The molecule has 0 radical (unpaired) electrons. The molecule has 1 aromatic rings. The predicted molar refractivity (Wildman–Crippen MR) is 58.8 cm³/mol. The third-order valence-electron chi connectivity index (χ3n) is 2.08. The minimum Gasteiger partial charge on any atom is -0.328 e. The van der Waals surface area contributed by atoms with Gasteiger partial charge in [0.05, 0.1) is 16.7 Å². The number of halogens is 1. The number of carbonyl (C=O) groups is 1. The lowest BCUT2D eigenvalue weighted by Crippen LogP contribution is -2.27. The second-order valence-corrected chi connectivity index (χ2v) is 3.63. The normalized spacial score (nSPS) is 9.47. The number of carbonyl (C=O) groups excluding carboxylic acids is 1. The summed E-state index contributed by atoms with van der Waals surface area (Å²) in [7, 11) is 1.57. The van der Waals surface area contributed by atoms with Gasteiger partial charge in [-0.2, -0.15) is 5.26 Å². The van der Waals surface area contributed by atoms with E-state index in [2.05, 4.69) is 0 Å². The zero-order chi connectivity index (χ0) is 11.4. The summed E-state index contributed by atoms with van der Waals surface area (Å²) in [5.41, 5.74) is 1.29. The molecule has 0 aliphatic rings. The standard InChI is InChI=1S/C11H11ClN2O/c1-8-4-3-5-9(10(8)12)11(15)14(2)7-6-13/h3-5H,7H2,1-2H3. The molecule has 0 atom stereocenters. The molecule has 78 valence electrons. The van der Waals surface area contributed by atoms with Gasteiger partial charge in [-0.3, -0.25) is 4.79 Å². The maximum Gasteiger partial charge on any atom is 0.255 e. The molecule has 0 aliphatic heterocycles. The van der Waals surface area contributed by atoms with E-state index >= 15 is 0 Å². The van der Waals surface area contributed by atoms with Crippen molar-refractivity contribution < 1.29 is 4.79 Å². The largest absolute Gasteiger partial charge is 0.328 e. The smallest absolute Gasteiger partial charge is 0.255 e. The molecule has 0 saturated carbocycles. The monoisotopic (exact) mass is 222 g/mol. The Balaban J connectivity index is 3.02. The van der Waals surface area contributed by atoms with Crippen molar-refractivity contribution in [2.24, 2.45) is 0 Å². The molecule has 3 nitrogen and oxygen atoms in total. The first-order valence-corrected chi connectivity index (χ1v) is 4.83. The molecule has 1 amide bonds. The van der Waals surface area contributed by atoms with E-state index in [0.29, 0.717) is 10.6 Å². The lowest BCUT2D eigenvalue weighted by atomic mass is 10.1. The lowest BCUT2D eigenvalue weighted by Gasteiger charge is -2.14. The van der Waals surface area contributed by atoms with Crippen LogP contribution in [0.4, 0.5) is 0 Å². The van der Waals surface area contributed by atoms with Gasteiger partial charge in [0.2, 0.25) is 0 Å². The molecule has 0 saturated heterocycles. The summed E-state index contributed by atoms with van der Waals surface area (Å²) in [6.45, 7) is 1.90. The topological polar surface area (TPSA) is 44.1 Å². The first kappa shape index (κ1) is 11.5. The highest BCUT2D eigenvalue weighted by atomic mass is 35.5. The van der Waals surface area contributed by atoms with Gasteiger partial charge < -0.3 is 4.90 Å². The van der Waals surface area contributed by atoms with E-state index in [-0.39, 0.29) is 12.5 Å². The fourth-order valence-electron chi connectivity index (χ4n) is 1.20. The van der Waals surface area contributed by atoms with Gasteiger partial charge in [0.15, 0.2) is 0 Å². The number of hydrogen-bond donors (Lipinski definition) is 0. The van der Waals surface area contributed by atoms with Crippen LogP contribution in [0, 0.1) is 18.3 Å². The fourth-order valence-corrected chi connectivity index (χ4v) is 1.40. The minimum absolute atomic E-state index is 0.0586. The number of amides is 1. The van der Waals surface area contributed by atoms with Crippen LogP contribution < -0.4 is 0 Å². The SMILES string of the molecule is Cc1cccc(C(=O)N(C)CC#N)c1Cl. The van der Waals surface area contributed by atoms with Crippen molar-refractivity contribution in [3.8, 4) is 6.07 Å². The van der Waals surface area contributed by atoms with Crippen molar-refractivity contribution >= 4 is 17.5 Å². The van der Waals surface area contributed by atoms with Crippen LogP contribution in [-0.2, 0) is 0 Å². The van der Waals surface area contributed by atoms with Crippen LogP contribution >= 0.6 is 11.6 Å². The molecular formula is C11H11ClN2O. The van der Waals surface area contributed by atoms with Crippen molar-refractivity contribution in [3.05, 3.63) is 34.3 Å². The van der Waals surface area contributed by atoms with Crippen LogP contribution in [0.25, 0.3) is 0 Å². The quantitative estimate of drug-likeness (QED) is 0.721. The Morgan fingerprint density at radius 3 is 2.87 bits per heavy atom. The lowest BCUT2D eigenvalue weighted by molar-refractivity contribution is 0.0812. The van der Waals surface area contributed by atoms with E-state index < -0.39 is 0 Å². The molecule has 1 rings (SSSR count). The molecule has 0 bridgehead atoms. The second kappa shape index (κ2) is 4.81. The summed E-state index contributed by atoms with van der Waals surface area (Å²) in [5.74, 6) is -0.231. The average molecular weight is 223 g/mol. The Hall–Kier alpha value is -1.53. The minimum atomic E-state index is -0.231. The van der Waals surface area contributed by atoms with Crippen LogP contribution in [0.15, 0.2) is 18.2 Å². The van der Waals surface area contributed by atoms with Gasteiger partial charge in [0, 0.05) is 7.05 Å². The molecular weight excluding hydrogens is 212 g/mol. The van der Waals surface area contributed by atoms with E-state index in [9.17, 15) is 4.79 Å². The molecule has 4 heteroatoms. The first-order valence-electron chi connectivity index (χ1n) is 4.45. The summed E-state index contributed by atoms with van der Waals surface area (Å²) in [6.07, 6.45) is 0. The molecule has 0 spiro atoms. The van der Waals surface area contributed by atoms with E-state index in [1.807, 2.05) is 19.1 Å². The summed E-state index contributed by atoms with van der Waals surface area (Å²) in [6, 6.07) is 7.18. The molecule has 0 fully saturated rings. The summed E-state index contributed by atoms with van der Waals surface area (Å²) >= 11 is 6.00. The highest BCUT2D eigenvalue weighted by Crippen LogP contribution is 2.21. The predicted octanol–water partition coefficient (Wildman–Crippen LogP) is 2.24. The van der Waals surface area contributed by atoms with E-state index in [1.165, 1.54) is 4.90 Å². The van der Waals surface area contributed by atoms with Gasteiger partial charge in [0.25, 0.3) is 5.91 Å². The maximum atomic E-state index is 11.8.